The average Bonchev–Trinajstić information content (AvgIpc) is 2.48. The Morgan fingerprint density at radius 3 is 2.73 bits per heavy atom. The molecule has 2 rings (SSSR count). The van der Waals surface area contributed by atoms with Gasteiger partial charge >= 0.3 is 0 Å². The van der Waals surface area contributed by atoms with Crippen molar-refractivity contribution in [1.29, 1.82) is 0 Å². The number of fused-ring (bicyclic) bond motifs is 1. The maximum Gasteiger partial charge on any atom is 0.261 e. The van der Waals surface area contributed by atoms with Crippen LogP contribution in [0.25, 0.3) is 10.9 Å². The summed E-state index contributed by atoms with van der Waals surface area (Å²) >= 11 is 0. The van der Waals surface area contributed by atoms with Crippen molar-refractivity contribution >= 4 is 16.8 Å². The fourth-order valence-corrected chi connectivity index (χ4v) is 2.24. The van der Waals surface area contributed by atoms with E-state index < -0.39 is 0 Å². The summed E-state index contributed by atoms with van der Waals surface area (Å²) < 4.78 is 1.57. The van der Waals surface area contributed by atoms with Gasteiger partial charge in [0.05, 0.1) is 23.8 Å². The number of nitrogens with one attached hydrogen (secondary N) is 2. The van der Waals surface area contributed by atoms with Gasteiger partial charge in [0.2, 0.25) is 5.91 Å². The molecule has 0 aliphatic heterocycles. The zero-order chi connectivity index (χ0) is 16.1. The highest BCUT2D eigenvalue weighted by Gasteiger charge is 2.09. The van der Waals surface area contributed by atoms with Crippen molar-refractivity contribution in [3.05, 3.63) is 40.9 Å². The van der Waals surface area contributed by atoms with E-state index in [1.165, 1.54) is 0 Å². The molecule has 1 heterocycles. The van der Waals surface area contributed by atoms with E-state index in [1.807, 2.05) is 39.0 Å². The molecule has 1 amide bonds. The summed E-state index contributed by atoms with van der Waals surface area (Å²) in [5.74, 6) is -0.0502. The molecule has 118 valence electrons. The quantitative estimate of drug-likeness (QED) is 0.831. The SMILES string of the molecule is CC(C)NC(=O)CN[C@@H](C)Cn1cnc2ccccc2c1=O. The Hall–Kier alpha value is -2.21. The van der Waals surface area contributed by atoms with Crippen LogP contribution >= 0.6 is 0 Å². The average molecular weight is 302 g/mol. The van der Waals surface area contributed by atoms with Crippen LogP contribution in [0.3, 0.4) is 0 Å². The third-order valence-corrected chi connectivity index (χ3v) is 3.26. The van der Waals surface area contributed by atoms with Crippen molar-refractivity contribution in [3.8, 4) is 0 Å². The molecule has 22 heavy (non-hydrogen) atoms. The lowest BCUT2D eigenvalue weighted by molar-refractivity contribution is -0.120. The van der Waals surface area contributed by atoms with Gasteiger partial charge in [-0.15, -0.1) is 0 Å². The molecular formula is C16H22N4O2. The lowest BCUT2D eigenvalue weighted by Gasteiger charge is -2.16. The Morgan fingerprint density at radius 2 is 2.00 bits per heavy atom. The van der Waals surface area contributed by atoms with Gasteiger partial charge in [-0.2, -0.15) is 0 Å². The number of carbonyl (C=O) groups excluding carboxylic acids is 1. The van der Waals surface area contributed by atoms with Gasteiger partial charge in [-0.25, -0.2) is 4.98 Å². The third kappa shape index (κ3) is 4.14. The van der Waals surface area contributed by atoms with Gasteiger partial charge < -0.3 is 10.6 Å². The second kappa shape index (κ2) is 7.17. The van der Waals surface area contributed by atoms with Crippen LogP contribution in [0.5, 0.6) is 0 Å². The second-order valence-electron chi connectivity index (χ2n) is 5.72. The first-order valence-electron chi connectivity index (χ1n) is 7.44. The summed E-state index contributed by atoms with van der Waals surface area (Å²) in [4.78, 5) is 28.2. The monoisotopic (exact) mass is 302 g/mol. The van der Waals surface area contributed by atoms with Crippen molar-refractivity contribution in [2.24, 2.45) is 0 Å². The van der Waals surface area contributed by atoms with Crippen LogP contribution in [0.4, 0.5) is 0 Å². The maximum atomic E-state index is 12.4. The lowest BCUT2D eigenvalue weighted by Crippen LogP contribution is -2.42. The Labute approximate surface area is 129 Å². The molecule has 0 aliphatic rings. The van der Waals surface area contributed by atoms with Gasteiger partial charge in [-0.1, -0.05) is 12.1 Å². The number of rotatable bonds is 6. The van der Waals surface area contributed by atoms with E-state index in [0.29, 0.717) is 17.4 Å². The van der Waals surface area contributed by atoms with E-state index in [-0.39, 0.29) is 30.1 Å². The number of para-hydroxylation sites is 1. The van der Waals surface area contributed by atoms with Crippen LogP contribution in [-0.4, -0.2) is 34.1 Å². The fourth-order valence-electron chi connectivity index (χ4n) is 2.24. The van der Waals surface area contributed by atoms with Crippen molar-refractivity contribution in [2.45, 2.75) is 39.4 Å². The minimum Gasteiger partial charge on any atom is -0.353 e. The highest BCUT2D eigenvalue weighted by molar-refractivity contribution is 5.78. The minimum atomic E-state index is -0.0640. The number of nitrogens with zero attached hydrogens (tertiary/aromatic N) is 2. The Balaban J connectivity index is 2.00. The van der Waals surface area contributed by atoms with E-state index in [9.17, 15) is 9.59 Å². The smallest absolute Gasteiger partial charge is 0.261 e. The van der Waals surface area contributed by atoms with Gasteiger partial charge in [-0.3, -0.25) is 14.2 Å². The summed E-state index contributed by atoms with van der Waals surface area (Å²) in [6.45, 7) is 6.47. The van der Waals surface area contributed by atoms with Gasteiger partial charge in [-0.05, 0) is 32.9 Å². The van der Waals surface area contributed by atoms with Crippen molar-refractivity contribution in [3.63, 3.8) is 0 Å². The third-order valence-electron chi connectivity index (χ3n) is 3.26. The van der Waals surface area contributed by atoms with E-state index in [4.69, 9.17) is 0 Å². The van der Waals surface area contributed by atoms with E-state index in [2.05, 4.69) is 15.6 Å². The zero-order valence-corrected chi connectivity index (χ0v) is 13.2. The van der Waals surface area contributed by atoms with Crippen molar-refractivity contribution < 1.29 is 4.79 Å². The minimum absolute atomic E-state index is 0.0152. The molecule has 0 radical (unpaired) electrons. The summed E-state index contributed by atoms with van der Waals surface area (Å²) in [5.41, 5.74) is 0.631. The molecule has 0 spiro atoms. The number of benzene rings is 1. The largest absolute Gasteiger partial charge is 0.353 e. The Bertz CT molecular complexity index is 709. The fraction of sp³-hybridized carbons (Fsp3) is 0.438. The summed E-state index contributed by atoms with van der Waals surface area (Å²) in [6, 6.07) is 7.38. The van der Waals surface area contributed by atoms with E-state index in [0.717, 1.165) is 0 Å². The van der Waals surface area contributed by atoms with E-state index >= 15 is 0 Å². The van der Waals surface area contributed by atoms with Crippen LogP contribution < -0.4 is 16.2 Å². The van der Waals surface area contributed by atoms with Gasteiger partial charge in [0.1, 0.15) is 0 Å². The summed E-state index contributed by atoms with van der Waals surface area (Å²) in [5, 5.41) is 6.53. The number of carbonyl (C=O) groups is 1. The molecule has 0 bridgehead atoms. The van der Waals surface area contributed by atoms with Crippen LogP contribution in [0.15, 0.2) is 35.4 Å². The topological polar surface area (TPSA) is 76.0 Å². The molecule has 6 heteroatoms. The molecule has 0 saturated heterocycles. The summed E-state index contributed by atoms with van der Waals surface area (Å²) in [7, 11) is 0. The predicted molar refractivity (Wildman–Crippen MR) is 86.7 cm³/mol. The number of hydrogen-bond acceptors (Lipinski definition) is 4. The van der Waals surface area contributed by atoms with Gasteiger partial charge in [0.15, 0.2) is 0 Å². The van der Waals surface area contributed by atoms with Crippen LogP contribution in [-0.2, 0) is 11.3 Å². The first kappa shape index (κ1) is 16.2. The lowest BCUT2D eigenvalue weighted by atomic mass is 10.2. The molecule has 0 unspecified atom stereocenters. The normalized spacial score (nSPS) is 12.5. The number of hydrogen-bond donors (Lipinski definition) is 2. The molecule has 0 saturated carbocycles. The molecule has 2 N–H and O–H groups in total. The molecule has 0 fully saturated rings. The van der Waals surface area contributed by atoms with Gasteiger partial charge in [0.25, 0.3) is 5.56 Å². The highest BCUT2D eigenvalue weighted by Crippen LogP contribution is 2.04. The highest BCUT2D eigenvalue weighted by atomic mass is 16.2. The Kier molecular flexibility index (Phi) is 5.27. The van der Waals surface area contributed by atoms with Gasteiger partial charge in [0, 0.05) is 18.6 Å². The molecule has 1 aromatic heterocycles. The Morgan fingerprint density at radius 1 is 1.27 bits per heavy atom. The van der Waals surface area contributed by atoms with Crippen molar-refractivity contribution in [1.82, 2.24) is 20.2 Å². The molecule has 6 nitrogen and oxygen atoms in total. The molecule has 1 atom stereocenters. The van der Waals surface area contributed by atoms with Crippen molar-refractivity contribution in [2.75, 3.05) is 6.54 Å². The summed E-state index contributed by atoms with van der Waals surface area (Å²) in [6.07, 6.45) is 1.55. The predicted octanol–water partition coefficient (Wildman–Crippen LogP) is 0.899. The van der Waals surface area contributed by atoms with E-state index in [1.54, 1.807) is 17.0 Å². The zero-order valence-electron chi connectivity index (χ0n) is 13.2. The maximum absolute atomic E-state index is 12.4. The van der Waals surface area contributed by atoms with Crippen LogP contribution in [0.1, 0.15) is 20.8 Å². The number of aromatic nitrogens is 2. The molecule has 2 aromatic rings. The molecule has 1 aromatic carbocycles. The first-order chi connectivity index (χ1) is 10.5. The van der Waals surface area contributed by atoms with Crippen LogP contribution in [0.2, 0.25) is 0 Å². The standard InChI is InChI=1S/C16H22N4O2/c1-11(2)19-15(21)8-17-12(3)9-20-10-18-14-7-5-4-6-13(14)16(20)22/h4-7,10-12,17H,8-9H2,1-3H3,(H,19,21)/t12-/m0/s1. The number of amides is 1. The molecular weight excluding hydrogens is 280 g/mol. The first-order valence-corrected chi connectivity index (χ1v) is 7.44. The second-order valence-corrected chi connectivity index (χ2v) is 5.72. The molecule has 0 aliphatic carbocycles. The van der Waals surface area contributed by atoms with Crippen LogP contribution in [0, 0.1) is 0 Å².